The number of nitrogens with one attached hydrogen (secondary N) is 1. The molecule has 3 rings (SSSR count). The number of likely N-dealkylation sites (tertiary alicyclic amines) is 1. The van der Waals surface area contributed by atoms with E-state index in [1.807, 2.05) is 30.1 Å². The Labute approximate surface area is 157 Å². The van der Waals surface area contributed by atoms with Gasteiger partial charge in [-0.2, -0.15) is 0 Å². The molecule has 0 aromatic heterocycles. The molecule has 1 heterocycles. The number of aryl methyl sites for hydroxylation is 1. The largest absolute Gasteiger partial charge is 0.341 e. The molecule has 3 nitrogen and oxygen atoms in total. The molecule has 0 unspecified atom stereocenters. The van der Waals surface area contributed by atoms with Crippen molar-refractivity contribution in [2.75, 3.05) is 26.7 Å². The van der Waals surface area contributed by atoms with Gasteiger partial charge in [0.05, 0.1) is 19.6 Å². The fraction of sp³-hybridized carbons (Fsp3) is 0.435. The van der Waals surface area contributed by atoms with Crippen LogP contribution < -0.4 is 4.90 Å². The molecule has 1 aliphatic rings. The molecule has 2 aromatic rings. The first-order valence-electron chi connectivity index (χ1n) is 9.89. The average molecular weight is 352 g/mol. The van der Waals surface area contributed by atoms with Gasteiger partial charge in [0.25, 0.3) is 0 Å². The lowest BCUT2D eigenvalue weighted by Gasteiger charge is -2.31. The maximum atomic E-state index is 12.7. The molecular formula is C23H31N2O+. The van der Waals surface area contributed by atoms with Crippen LogP contribution in [0.3, 0.4) is 0 Å². The van der Waals surface area contributed by atoms with E-state index < -0.39 is 0 Å². The smallest absolute Gasteiger partial charge is 0.226 e. The van der Waals surface area contributed by atoms with E-state index in [1.165, 1.54) is 24.1 Å². The zero-order chi connectivity index (χ0) is 18.2. The lowest BCUT2D eigenvalue weighted by molar-refractivity contribution is -0.906. The number of carbonyl (C=O) groups is 1. The number of piperidine rings is 1. The van der Waals surface area contributed by atoms with Crippen LogP contribution in [0.2, 0.25) is 0 Å². The quantitative estimate of drug-likeness (QED) is 0.815. The van der Waals surface area contributed by atoms with Gasteiger partial charge in [0.1, 0.15) is 0 Å². The van der Waals surface area contributed by atoms with E-state index in [-0.39, 0.29) is 5.92 Å². The fourth-order valence-electron chi connectivity index (χ4n) is 3.96. The summed E-state index contributed by atoms with van der Waals surface area (Å²) in [7, 11) is 1.94. The lowest BCUT2D eigenvalue weighted by atomic mass is 9.95. The SMILES string of the molecule is CN(Cc1ccccc1)C(=O)C1CC[NH+](CCCc2ccccc2)CC1. The summed E-state index contributed by atoms with van der Waals surface area (Å²) in [5.74, 6) is 0.527. The molecule has 0 atom stereocenters. The summed E-state index contributed by atoms with van der Waals surface area (Å²) < 4.78 is 0. The van der Waals surface area contributed by atoms with Gasteiger partial charge >= 0.3 is 0 Å². The summed E-state index contributed by atoms with van der Waals surface area (Å²) in [6.45, 7) is 4.19. The minimum Gasteiger partial charge on any atom is -0.341 e. The standard InChI is InChI=1S/C23H30N2O/c1-24(19-21-11-6-3-7-12-21)23(26)22-14-17-25(18-15-22)16-8-13-20-9-4-2-5-10-20/h2-7,9-12,22H,8,13-19H2,1H3/p+1. The van der Waals surface area contributed by atoms with Crippen LogP contribution in [0.4, 0.5) is 0 Å². The van der Waals surface area contributed by atoms with Crippen LogP contribution in [0.5, 0.6) is 0 Å². The first kappa shape index (κ1) is 18.7. The van der Waals surface area contributed by atoms with Crippen molar-refractivity contribution in [2.24, 2.45) is 5.92 Å². The maximum absolute atomic E-state index is 12.7. The Morgan fingerprint density at radius 3 is 2.15 bits per heavy atom. The molecule has 138 valence electrons. The topological polar surface area (TPSA) is 24.8 Å². The molecule has 0 bridgehead atoms. The molecule has 0 saturated carbocycles. The third-order valence-corrected chi connectivity index (χ3v) is 5.52. The summed E-state index contributed by atoms with van der Waals surface area (Å²) in [4.78, 5) is 16.3. The first-order chi connectivity index (χ1) is 12.7. The van der Waals surface area contributed by atoms with Crippen molar-refractivity contribution in [3.63, 3.8) is 0 Å². The fourth-order valence-corrected chi connectivity index (χ4v) is 3.96. The second-order valence-corrected chi connectivity index (χ2v) is 7.54. The zero-order valence-corrected chi connectivity index (χ0v) is 15.9. The molecule has 1 N–H and O–H groups in total. The molecule has 2 aromatic carbocycles. The summed E-state index contributed by atoms with van der Waals surface area (Å²) in [6.07, 6.45) is 4.44. The lowest BCUT2D eigenvalue weighted by Crippen LogP contribution is -3.13. The number of hydrogen-bond donors (Lipinski definition) is 1. The second-order valence-electron chi connectivity index (χ2n) is 7.54. The van der Waals surface area contributed by atoms with Crippen molar-refractivity contribution in [2.45, 2.75) is 32.2 Å². The van der Waals surface area contributed by atoms with Crippen LogP contribution in [0, 0.1) is 5.92 Å². The molecule has 26 heavy (non-hydrogen) atoms. The van der Waals surface area contributed by atoms with Crippen LogP contribution in [0.1, 0.15) is 30.4 Å². The van der Waals surface area contributed by atoms with Gasteiger partial charge < -0.3 is 9.80 Å². The second kappa shape index (κ2) is 9.54. The van der Waals surface area contributed by atoms with E-state index in [0.717, 1.165) is 32.4 Å². The van der Waals surface area contributed by atoms with Crippen LogP contribution in [-0.2, 0) is 17.8 Å². The van der Waals surface area contributed by atoms with E-state index in [4.69, 9.17) is 0 Å². The van der Waals surface area contributed by atoms with E-state index in [9.17, 15) is 4.79 Å². The van der Waals surface area contributed by atoms with Gasteiger partial charge in [0, 0.05) is 38.8 Å². The van der Waals surface area contributed by atoms with Crippen LogP contribution in [-0.4, -0.2) is 37.5 Å². The first-order valence-corrected chi connectivity index (χ1v) is 9.89. The van der Waals surface area contributed by atoms with Gasteiger partial charge in [-0.05, 0) is 17.5 Å². The minimum atomic E-state index is 0.210. The number of rotatable bonds is 7. The molecule has 1 fully saturated rings. The monoisotopic (exact) mass is 351 g/mol. The molecular weight excluding hydrogens is 320 g/mol. The summed E-state index contributed by atoms with van der Waals surface area (Å²) >= 11 is 0. The number of carbonyl (C=O) groups excluding carboxylic acids is 1. The highest BCUT2D eigenvalue weighted by atomic mass is 16.2. The molecule has 1 amide bonds. The summed E-state index contributed by atoms with van der Waals surface area (Å²) in [6, 6.07) is 21.0. The van der Waals surface area contributed by atoms with Crippen LogP contribution >= 0.6 is 0 Å². The van der Waals surface area contributed by atoms with Gasteiger partial charge in [-0.3, -0.25) is 4.79 Å². The Balaban J connectivity index is 1.38. The van der Waals surface area contributed by atoms with Crippen molar-refractivity contribution in [1.82, 2.24) is 4.90 Å². The molecule has 3 heteroatoms. The van der Waals surface area contributed by atoms with Crippen LogP contribution in [0.15, 0.2) is 60.7 Å². The van der Waals surface area contributed by atoms with E-state index in [0.29, 0.717) is 12.5 Å². The average Bonchev–Trinajstić information content (AvgIpc) is 2.69. The Kier molecular flexibility index (Phi) is 6.84. The maximum Gasteiger partial charge on any atom is 0.226 e. The minimum absolute atomic E-state index is 0.210. The van der Waals surface area contributed by atoms with Gasteiger partial charge in [0.15, 0.2) is 0 Å². The van der Waals surface area contributed by atoms with E-state index >= 15 is 0 Å². The zero-order valence-electron chi connectivity index (χ0n) is 15.9. The predicted molar refractivity (Wildman–Crippen MR) is 106 cm³/mol. The third-order valence-electron chi connectivity index (χ3n) is 5.52. The Morgan fingerprint density at radius 1 is 0.962 bits per heavy atom. The third kappa shape index (κ3) is 5.43. The predicted octanol–water partition coefficient (Wildman–Crippen LogP) is 2.57. The molecule has 1 saturated heterocycles. The summed E-state index contributed by atoms with van der Waals surface area (Å²) in [5.41, 5.74) is 2.63. The van der Waals surface area contributed by atoms with Gasteiger partial charge in [-0.1, -0.05) is 60.7 Å². The highest BCUT2D eigenvalue weighted by Crippen LogP contribution is 2.15. The number of quaternary nitrogens is 1. The highest BCUT2D eigenvalue weighted by molar-refractivity contribution is 5.78. The van der Waals surface area contributed by atoms with E-state index in [2.05, 4.69) is 42.5 Å². The van der Waals surface area contributed by atoms with Gasteiger partial charge in [-0.25, -0.2) is 0 Å². The van der Waals surface area contributed by atoms with Crippen molar-refractivity contribution >= 4 is 5.91 Å². The molecule has 0 spiro atoms. The van der Waals surface area contributed by atoms with Crippen molar-refractivity contribution in [3.05, 3.63) is 71.8 Å². The number of nitrogens with zero attached hydrogens (tertiary/aromatic N) is 1. The van der Waals surface area contributed by atoms with Crippen molar-refractivity contribution < 1.29 is 9.69 Å². The molecule has 0 aliphatic carbocycles. The van der Waals surface area contributed by atoms with Gasteiger partial charge in [0.2, 0.25) is 5.91 Å². The Hall–Kier alpha value is -2.13. The van der Waals surface area contributed by atoms with Crippen molar-refractivity contribution in [3.8, 4) is 0 Å². The molecule has 1 aliphatic heterocycles. The van der Waals surface area contributed by atoms with Crippen molar-refractivity contribution in [1.29, 1.82) is 0 Å². The number of hydrogen-bond acceptors (Lipinski definition) is 1. The van der Waals surface area contributed by atoms with E-state index in [1.54, 1.807) is 4.90 Å². The molecule has 0 radical (unpaired) electrons. The normalized spacial score (nSPS) is 19.9. The van der Waals surface area contributed by atoms with Crippen LogP contribution in [0.25, 0.3) is 0 Å². The number of benzene rings is 2. The Bertz CT molecular complexity index is 663. The highest BCUT2D eigenvalue weighted by Gasteiger charge is 2.29. The number of amides is 1. The Morgan fingerprint density at radius 2 is 1.54 bits per heavy atom. The summed E-state index contributed by atoms with van der Waals surface area (Å²) in [5, 5.41) is 0. The van der Waals surface area contributed by atoms with Gasteiger partial charge in [-0.15, -0.1) is 0 Å².